The maximum atomic E-state index is 13.2. The van der Waals surface area contributed by atoms with Crippen molar-refractivity contribution in [2.75, 3.05) is 17.3 Å². The molecule has 3 amide bonds. The lowest BCUT2D eigenvalue weighted by Crippen LogP contribution is -2.71. The van der Waals surface area contributed by atoms with Crippen LogP contribution in [0.15, 0.2) is 71.9 Å². The van der Waals surface area contributed by atoms with Crippen LogP contribution in [0, 0.1) is 5.92 Å². The Bertz CT molecular complexity index is 1330. The van der Waals surface area contributed by atoms with E-state index < -0.39 is 41.1 Å². The smallest absolute Gasteiger partial charge is 0.352 e. The van der Waals surface area contributed by atoms with Crippen LogP contribution in [0.2, 0.25) is 0 Å². The monoisotopic (exact) mass is 535 g/mol. The molecule has 11 heteroatoms. The quantitative estimate of drug-likeness (QED) is 0.388. The van der Waals surface area contributed by atoms with E-state index in [1.807, 2.05) is 60.7 Å². The van der Waals surface area contributed by atoms with Gasteiger partial charge in [-0.05, 0) is 17.7 Å². The molecule has 0 saturated carbocycles. The highest BCUT2D eigenvalue weighted by Gasteiger charge is 2.55. The summed E-state index contributed by atoms with van der Waals surface area (Å²) in [5, 5.41) is 11.8. The highest BCUT2D eigenvalue weighted by molar-refractivity contribution is 8.00. The van der Waals surface area contributed by atoms with Crippen LogP contribution in [-0.4, -0.2) is 63.4 Å². The molecular formula is C27H25N3O7S. The number of carbonyl (C=O) groups is 5. The number of carboxylic acids is 1. The van der Waals surface area contributed by atoms with Crippen LogP contribution in [0.3, 0.4) is 0 Å². The first-order valence-corrected chi connectivity index (χ1v) is 13.1. The fraction of sp³-hybridized carbons (Fsp3) is 0.296. The molecular weight excluding hydrogens is 510 g/mol. The average Bonchev–Trinajstić information content (AvgIpc) is 2.92. The standard InChI is InChI=1S/C27H25N3O7S/c1-15(31)37-13-17-14-38-26-21(25(34)30(26)23(17)27(35)36)28-20(32)12-19-22(16-8-4-2-5-9-16)29(24(19)33)18-10-6-3-7-11-18/h2-11,19,21-22,26H,12-14H2,1H3,(H,28,32)(H,35,36)/t19?,21-,22?,26-/m1/s1. The molecule has 2 aromatic rings. The summed E-state index contributed by atoms with van der Waals surface area (Å²) in [7, 11) is 0. The normalized spacial score (nSPS) is 24.2. The summed E-state index contributed by atoms with van der Waals surface area (Å²) in [6.45, 7) is 0.995. The Labute approximate surface area is 222 Å². The Balaban J connectivity index is 1.28. The molecule has 2 N–H and O–H groups in total. The molecule has 2 aromatic carbocycles. The van der Waals surface area contributed by atoms with Crippen molar-refractivity contribution in [1.29, 1.82) is 0 Å². The molecule has 0 aliphatic carbocycles. The number of esters is 1. The molecule has 2 saturated heterocycles. The van der Waals surface area contributed by atoms with E-state index in [9.17, 15) is 29.1 Å². The van der Waals surface area contributed by atoms with Gasteiger partial charge in [-0.15, -0.1) is 11.8 Å². The summed E-state index contributed by atoms with van der Waals surface area (Å²) >= 11 is 1.28. The number of β-lactam (4-membered cyclic amide) rings is 2. The molecule has 196 valence electrons. The van der Waals surface area contributed by atoms with Gasteiger partial charge in [-0.3, -0.25) is 24.1 Å². The molecule has 38 heavy (non-hydrogen) atoms. The molecule has 0 bridgehead atoms. The van der Waals surface area contributed by atoms with E-state index >= 15 is 0 Å². The van der Waals surface area contributed by atoms with Gasteiger partial charge in [0.1, 0.15) is 23.7 Å². The minimum absolute atomic E-state index is 0.109. The van der Waals surface area contributed by atoms with Crippen molar-refractivity contribution in [3.8, 4) is 0 Å². The highest BCUT2D eigenvalue weighted by Crippen LogP contribution is 2.45. The second-order valence-corrected chi connectivity index (χ2v) is 10.3. The molecule has 5 rings (SSSR count). The number of nitrogens with one attached hydrogen (secondary N) is 1. The van der Waals surface area contributed by atoms with Gasteiger partial charge in [0.15, 0.2) is 0 Å². The van der Waals surface area contributed by atoms with Crippen LogP contribution in [0.5, 0.6) is 0 Å². The second kappa shape index (κ2) is 10.3. The van der Waals surface area contributed by atoms with E-state index in [1.54, 1.807) is 4.90 Å². The lowest BCUT2D eigenvalue weighted by Gasteiger charge is -2.50. The first kappa shape index (κ1) is 25.5. The Morgan fingerprint density at radius 1 is 1.00 bits per heavy atom. The SMILES string of the molecule is CC(=O)OCC1=C(C(=O)O)N2C(=O)[C@@H](NC(=O)CC3C(=O)N(c4ccccc4)C3c3ccccc3)[C@H]2SC1. The van der Waals surface area contributed by atoms with Crippen LogP contribution < -0.4 is 10.2 Å². The maximum Gasteiger partial charge on any atom is 0.352 e. The fourth-order valence-corrected chi connectivity index (χ4v) is 6.40. The summed E-state index contributed by atoms with van der Waals surface area (Å²) < 4.78 is 4.94. The zero-order valence-corrected chi connectivity index (χ0v) is 21.2. The number of para-hydroxylation sites is 1. The van der Waals surface area contributed by atoms with E-state index in [2.05, 4.69) is 5.32 Å². The van der Waals surface area contributed by atoms with E-state index in [0.29, 0.717) is 5.57 Å². The van der Waals surface area contributed by atoms with Crippen molar-refractivity contribution in [3.63, 3.8) is 0 Å². The minimum atomic E-state index is -1.30. The minimum Gasteiger partial charge on any atom is -0.477 e. The third-order valence-electron chi connectivity index (χ3n) is 6.81. The van der Waals surface area contributed by atoms with E-state index in [1.165, 1.54) is 18.7 Å². The predicted molar refractivity (Wildman–Crippen MR) is 138 cm³/mol. The van der Waals surface area contributed by atoms with Gasteiger partial charge in [0, 0.05) is 30.4 Å². The third kappa shape index (κ3) is 4.53. The summed E-state index contributed by atoms with van der Waals surface area (Å²) in [5.74, 6) is -3.42. The molecule has 0 aromatic heterocycles. The molecule has 2 fully saturated rings. The molecule has 4 atom stereocenters. The Morgan fingerprint density at radius 3 is 2.29 bits per heavy atom. The molecule has 0 radical (unpaired) electrons. The second-order valence-electron chi connectivity index (χ2n) is 9.20. The Morgan fingerprint density at radius 2 is 1.66 bits per heavy atom. The number of hydrogen-bond acceptors (Lipinski definition) is 7. The number of amides is 3. The van der Waals surface area contributed by atoms with Crippen LogP contribution in [0.4, 0.5) is 5.69 Å². The number of nitrogens with zero attached hydrogens (tertiary/aromatic N) is 2. The van der Waals surface area contributed by atoms with E-state index in [4.69, 9.17) is 4.74 Å². The van der Waals surface area contributed by atoms with Crippen molar-refractivity contribution in [2.45, 2.75) is 30.8 Å². The number of carbonyl (C=O) groups excluding carboxylic acids is 4. The molecule has 2 unspecified atom stereocenters. The van der Waals surface area contributed by atoms with Gasteiger partial charge < -0.3 is 20.1 Å². The highest BCUT2D eigenvalue weighted by atomic mass is 32.2. The van der Waals surface area contributed by atoms with Crippen molar-refractivity contribution >= 4 is 47.1 Å². The lowest BCUT2D eigenvalue weighted by atomic mass is 9.79. The number of hydrogen-bond donors (Lipinski definition) is 2. The van der Waals surface area contributed by atoms with Crippen LogP contribution >= 0.6 is 11.8 Å². The summed E-state index contributed by atoms with van der Waals surface area (Å²) in [6, 6.07) is 17.5. The van der Waals surface area contributed by atoms with Gasteiger partial charge in [-0.2, -0.15) is 0 Å². The first-order chi connectivity index (χ1) is 18.3. The number of rotatable bonds is 8. The van der Waals surface area contributed by atoms with E-state index in [0.717, 1.165) is 16.2 Å². The van der Waals surface area contributed by atoms with Gasteiger partial charge in [0.25, 0.3) is 5.91 Å². The van der Waals surface area contributed by atoms with Crippen molar-refractivity contribution < 1.29 is 33.8 Å². The average molecular weight is 536 g/mol. The van der Waals surface area contributed by atoms with Crippen molar-refractivity contribution in [2.24, 2.45) is 5.92 Å². The number of carboxylic acid groups (broad SMARTS) is 1. The zero-order chi connectivity index (χ0) is 27.0. The van der Waals surface area contributed by atoms with Gasteiger partial charge in [0.2, 0.25) is 11.8 Å². The van der Waals surface area contributed by atoms with Gasteiger partial charge in [-0.25, -0.2) is 4.79 Å². The number of aliphatic carboxylic acids is 1. The Hall–Kier alpha value is -4.12. The molecule has 0 spiro atoms. The fourth-order valence-electron chi connectivity index (χ4n) is 5.07. The summed E-state index contributed by atoms with van der Waals surface area (Å²) in [6.07, 6.45) is -0.109. The van der Waals surface area contributed by atoms with Crippen molar-refractivity contribution in [3.05, 3.63) is 77.5 Å². The molecule has 3 heterocycles. The van der Waals surface area contributed by atoms with Crippen LogP contribution in [0.1, 0.15) is 24.9 Å². The first-order valence-electron chi connectivity index (χ1n) is 12.0. The lowest BCUT2D eigenvalue weighted by molar-refractivity contribution is -0.151. The molecule has 10 nitrogen and oxygen atoms in total. The number of thioether (sulfide) groups is 1. The van der Waals surface area contributed by atoms with Gasteiger partial charge in [0.05, 0.1) is 12.0 Å². The molecule has 3 aliphatic heterocycles. The number of ether oxygens (including phenoxy) is 1. The summed E-state index contributed by atoms with van der Waals surface area (Å²) in [5.41, 5.74) is 1.74. The maximum absolute atomic E-state index is 13.2. The van der Waals surface area contributed by atoms with Gasteiger partial charge >= 0.3 is 11.9 Å². The number of fused-ring (bicyclic) bond motifs is 1. The van der Waals surface area contributed by atoms with E-state index in [-0.39, 0.29) is 36.4 Å². The number of benzene rings is 2. The largest absolute Gasteiger partial charge is 0.477 e. The summed E-state index contributed by atoms with van der Waals surface area (Å²) in [4.78, 5) is 65.0. The zero-order valence-electron chi connectivity index (χ0n) is 20.4. The number of anilines is 1. The van der Waals surface area contributed by atoms with Gasteiger partial charge in [-0.1, -0.05) is 48.5 Å². The Kier molecular flexibility index (Phi) is 6.94. The van der Waals surface area contributed by atoms with Crippen LogP contribution in [0.25, 0.3) is 0 Å². The van der Waals surface area contributed by atoms with Crippen LogP contribution in [-0.2, 0) is 28.7 Å². The topological polar surface area (TPSA) is 133 Å². The molecule has 3 aliphatic rings. The third-order valence-corrected chi connectivity index (χ3v) is 8.15. The predicted octanol–water partition coefficient (Wildman–Crippen LogP) is 2.08. The van der Waals surface area contributed by atoms with Crippen molar-refractivity contribution in [1.82, 2.24) is 10.2 Å².